The second-order valence-electron chi connectivity index (χ2n) is 8.57. The van der Waals surface area contributed by atoms with E-state index in [1.165, 1.54) is 44.2 Å². The third kappa shape index (κ3) is 5.08. The number of hydrogen-bond acceptors (Lipinski definition) is 7. The number of esters is 1. The first kappa shape index (κ1) is 23.4. The Labute approximate surface area is 199 Å². The van der Waals surface area contributed by atoms with Gasteiger partial charge >= 0.3 is 5.97 Å². The van der Waals surface area contributed by atoms with Crippen LogP contribution in [0.3, 0.4) is 0 Å². The smallest absolute Gasteiger partial charge is 0.340 e. The van der Waals surface area contributed by atoms with Crippen LogP contribution in [0.1, 0.15) is 65.9 Å². The Morgan fingerprint density at radius 2 is 1.88 bits per heavy atom. The molecule has 0 saturated heterocycles. The number of carbonyl (C=O) groups excluding carboxylic acids is 1. The van der Waals surface area contributed by atoms with Gasteiger partial charge in [-0.25, -0.2) is 9.78 Å². The number of ether oxygens (including phenoxy) is 3. The fourth-order valence-corrected chi connectivity index (χ4v) is 5.76. The highest BCUT2D eigenvalue weighted by atomic mass is 32.1. The largest absolute Gasteiger partial charge is 0.497 e. The number of anilines is 1. The number of thiazole rings is 1. The number of hydrogen-bond donors (Lipinski definition) is 1. The third-order valence-electron chi connectivity index (χ3n) is 6.69. The molecule has 0 radical (unpaired) electrons. The maximum Gasteiger partial charge on any atom is 0.340 e. The van der Waals surface area contributed by atoms with Crippen molar-refractivity contribution in [3.63, 3.8) is 0 Å². The monoisotopic (exact) mass is 468 g/mol. The number of benzene rings is 2. The van der Waals surface area contributed by atoms with Crippen LogP contribution >= 0.6 is 11.3 Å². The van der Waals surface area contributed by atoms with Gasteiger partial charge in [-0.05, 0) is 55.9 Å². The summed E-state index contributed by atoms with van der Waals surface area (Å²) >= 11 is 1.74. The molecule has 0 atom stereocenters. The van der Waals surface area contributed by atoms with Gasteiger partial charge in [-0.15, -0.1) is 11.3 Å². The molecule has 1 aliphatic carbocycles. The lowest BCUT2D eigenvalue weighted by Crippen LogP contribution is -2.12. The molecule has 2 aromatic carbocycles. The molecule has 1 fully saturated rings. The van der Waals surface area contributed by atoms with E-state index in [4.69, 9.17) is 19.2 Å². The molecule has 0 aliphatic heterocycles. The van der Waals surface area contributed by atoms with Crippen LogP contribution in [-0.2, 0) is 11.3 Å². The summed E-state index contributed by atoms with van der Waals surface area (Å²) in [5, 5.41) is 4.59. The predicted molar refractivity (Wildman–Crippen MR) is 133 cm³/mol. The van der Waals surface area contributed by atoms with Crippen LogP contribution in [0, 0.1) is 5.92 Å². The maximum atomic E-state index is 12.5. The predicted octanol–water partition coefficient (Wildman–Crippen LogP) is 6.40. The van der Waals surface area contributed by atoms with Crippen molar-refractivity contribution in [1.82, 2.24) is 4.98 Å². The van der Waals surface area contributed by atoms with Gasteiger partial charge in [0.05, 0.1) is 47.8 Å². The standard InChI is InChI=1S/C26H32N2O4S/c1-5-16-6-8-17(9-7-16)25-28-22-13-20(26(29)32-4)21(14-24(22)33-25)27-15-18-10-11-19(30-2)12-23(18)31-3/h10-14,16-17,27H,5-9,15H2,1-4H3. The molecule has 1 N–H and O–H groups in total. The van der Waals surface area contributed by atoms with E-state index in [0.29, 0.717) is 18.0 Å². The zero-order chi connectivity index (χ0) is 23.4. The summed E-state index contributed by atoms with van der Waals surface area (Å²) in [5.74, 6) is 2.46. The molecule has 33 heavy (non-hydrogen) atoms. The van der Waals surface area contributed by atoms with E-state index in [1.807, 2.05) is 30.3 Å². The van der Waals surface area contributed by atoms with Crippen molar-refractivity contribution in [3.05, 3.63) is 46.5 Å². The van der Waals surface area contributed by atoms with Crippen LogP contribution in [-0.4, -0.2) is 32.3 Å². The molecule has 1 aliphatic rings. The lowest BCUT2D eigenvalue weighted by Gasteiger charge is -2.26. The highest BCUT2D eigenvalue weighted by molar-refractivity contribution is 7.18. The maximum absolute atomic E-state index is 12.5. The molecule has 0 bridgehead atoms. The van der Waals surface area contributed by atoms with Crippen molar-refractivity contribution in [2.45, 2.75) is 51.5 Å². The van der Waals surface area contributed by atoms with Crippen molar-refractivity contribution < 1.29 is 19.0 Å². The van der Waals surface area contributed by atoms with Crippen molar-refractivity contribution in [1.29, 1.82) is 0 Å². The van der Waals surface area contributed by atoms with Gasteiger partial charge in [0.1, 0.15) is 11.5 Å². The first-order chi connectivity index (χ1) is 16.1. The van der Waals surface area contributed by atoms with E-state index in [1.54, 1.807) is 25.6 Å². The molecular weight excluding hydrogens is 436 g/mol. The second kappa shape index (κ2) is 10.4. The Morgan fingerprint density at radius 1 is 1.09 bits per heavy atom. The van der Waals surface area contributed by atoms with Crippen molar-refractivity contribution >= 4 is 33.2 Å². The summed E-state index contributed by atoms with van der Waals surface area (Å²) in [4.78, 5) is 17.5. The molecule has 4 rings (SSSR count). The van der Waals surface area contributed by atoms with E-state index in [2.05, 4.69) is 12.2 Å². The lowest BCUT2D eigenvalue weighted by atomic mass is 9.81. The second-order valence-corrected chi connectivity index (χ2v) is 9.63. The van der Waals surface area contributed by atoms with Gasteiger partial charge in [0.25, 0.3) is 0 Å². The number of rotatable bonds is 8. The number of carbonyl (C=O) groups is 1. The molecule has 1 heterocycles. The van der Waals surface area contributed by atoms with Gasteiger partial charge < -0.3 is 19.5 Å². The molecule has 7 heteroatoms. The quantitative estimate of drug-likeness (QED) is 0.386. The third-order valence-corrected chi connectivity index (χ3v) is 7.87. The average Bonchev–Trinajstić information content (AvgIpc) is 3.29. The number of nitrogens with zero attached hydrogens (tertiary/aromatic N) is 1. The summed E-state index contributed by atoms with van der Waals surface area (Å²) < 4.78 is 16.9. The number of methoxy groups -OCH3 is 3. The van der Waals surface area contributed by atoms with Gasteiger partial charge in [-0.1, -0.05) is 13.3 Å². The van der Waals surface area contributed by atoms with Crippen LogP contribution in [0.2, 0.25) is 0 Å². The van der Waals surface area contributed by atoms with Gasteiger partial charge in [-0.3, -0.25) is 0 Å². The van der Waals surface area contributed by atoms with Gasteiger partial charge in [0.15, 0.2) is 0 Å². The summed E-state index contributed by atoms with van der Waals surface area (Å²) in [7, 11) is 4.67. The highest BCUT2D eigenvalue weighted by Crippen LogP contribution is 2.40. The molecule has 176 valence electrons. The summed E-state index contributed by atoms with van der Waals surface area (Å²) in [6.45, 7) is 2.78. The fourth-order valence-electron chi connectivity index (χ4n) is 4.60. The first-order valence-electron chi connectivity index (χ1n) is 11.5. The summed E-state index contributed by atoms with van der Waals surface area (Å²) in [5.41, 5.74) is 3.05. The lowest BCUT2D eigenvalue weighted by molar-refractivity contribution is 0.0602. The van der Waals surface area contributed by atoms with Gasteiger partial charge in [0, 0.05) is 24.1 Å². The van der Waals surface area contributed by atoms with E-state index >= 15 is 0 Å². The van der Waals surface area contributed by atoms with E-state index in [0.717, 1.165) is 38.9 Å². The van der Waals surface area contributed by atoms with E-state index < -0.39 is 0 Å². The normalized spacial score (nSPS) is 18.2. The van der Waals surface area contributed by atoms with Crippen LogP contribution in [0.4, 0.5) is 5.69 Å². The molecule has 3 aromatic rings. The Kier molecular flexibility index (Phi) is 7.38. The molecule has 0 spiro atoms. The number of aromatic nitrogens is 1. The molecule has 1 aromatic heterocycles. The van der Waals surface area contributed by atoms with Crippen LogP contribution in [0.5, 0.6) is 11.5 Å². The Bertz CT molecular complexity index is 1120. The molecule has 6 nitrogen and oxygen atoms in total. The number of fused-ring (bicyclic) bond motifs is 1. The van der Waals surface area contributed by atoms with Gasteiger partial charge in [0.2, 0.25) is 0 Å². The van der Waals surface area contributed by atoms with Crippen molar-refractivity contribution in [3.8, 4) is 11.5 Å². The molecular formula is C26H32N2O4S. The molecule has 1 saturated carbocycles. The first-order valence-corrected chi connectivity index (χ1v) is 12.4. The average molecular weight is 469 g/mol. The molecule has 0 unspecified atom stereocenters. The van der Waals surface area contributed by atoms with E-state index in [-0.39, 0.29) is 5.97 Å². The Balaban J connectivity index is 1.61. The minimum absolute atomic E-state index is 0.376. The number of nitrogens with one attached hydrogen (secondary N) is 1. The van der Waals surface area contributed by atoms with Gasteiger partial charge in [-0.2, -0.15) is 0 Å². The topological polar surface area (TPSA) is 69.7 Å². The zero-order valence-corrected chi connectivity index (χ0v) is 20.6. The Morgan fingerprint density at radius 3 is 2.55 bits per heavy atom. The van der Waals surface area contributed by atoms with Crippen molar-refractivity contribution in [2.75, 3.05) is 26.6 Å². The minimum Gasteiger partial charge on any atom is -0.497 e. The molecule has 0 amide bonds. The van der Waals surface area contributed by atoms with Crippen LogP contribution in [0.25, 0.3) is 10.2 Å². The fraction of sp³-hybridized carbons (Fsp3) is 0.462. The Hall–Kier alpha value is -2.80. The van der Waals surface area contributed by atoms with E-state index in [9.17, 15) is 4.79 Å². The summed E-state index contributed by atoms with van der Waals surface area (Å²) in [6, 6.07) is 9.58. The van der Waals surface area contributed by atoms with Crippen LogP contribution in [0.15, 0.2) is 30.3 Å². The van der Waals surface area contributed by atoms with Crippen molar-refractivity contribution in [2.24, 2.45) is 5.92 Å². The minimum atomic E-state index is -0.376. The van der Waals surface area contributed by atoms with Crippen LogP contribution < -0.4 is 14.8 Å². The highest BCUT2D eigenvalue weighted by Gasteiger charge is 2.25. The zero-order valence-electron chi connectivity index (χ0n) is 19.8. The SMILES string of the molecule is CCC1CCC(c2nc3cc(C(=O)OC)c(NCc4ccc(OC)cc4OC)cc3s2)CC1. The summed E-state index contributed by atoms with van der Waals surface area (Å²) in [6.07, 6.45) is 6.22.